The van der Waals surface area contributed by atoms with Gasteiger partial charge < -0.3 is 9.84 Å². The zero-order valence-electron chi connectivity index (χ0n) is 8.22. The molecule has 0 radical (unpaired) electrons. The van der Waals surface area contributed by atoms with Gasteiger partial charge in [-0.2, -0.15) is 0 Å². The van der Waals surface area contributed by atoms with Crippen molar-refractivity contribution in [2.24, 2.45) is 0 Å². The lowest BCUT2D eigenvalue weighted by atomic mass is 10.2. The van der Waals surface area contributed by atoms with E-state index in [2.05, 4.69) is 11.3 Å². The second-order valence-electron chi connectivity index (χ2n) is 2.83. The summed E-state index contributed by atoms with van der Waals surface area (Å²) < 4.78 is 4.36. The second-order valence-corrected chi connectivity index (χ2v) is 2.83. The van der Waals surface area contributed by atoms with Crippen LogP contribution in [0.1, 0.15) is 5.56 Å². The van der Waals surface area contributed by atoms with Crippen LogP contribution in [0.2, 0.25) is 0 Å². The Balaban J connectivity index is 2.59. The van der Waals surface area contributed by atoms with Gasteiger partial charge in [-0.15, -0.1) is 0 Å². The number of carbonyl (C=O) groups excluding carboxylic acids is 1. The largest absolute Gasteiger partial charge is 0.435 e. The van der Waals surface area contributed by atoms with Crippen LogP contribution in [-0.4, -0.2) is 17.9 Å². The molecule has 1 rings (SSSR count). The van der Waals surface area contributed by atoms with Crippen LogP contribution in [0.5, 0.6) is 0 Å². The molecule has 0 bridgehead atoms. The predicted octanol–water partition coefficient (Wildman–Crippen LogP) is 1.75. The Hall–Kier alpha value is -1.87. The van der Waals surface area contributed by atoms with Crippen molar-refractivity contribution in [2.45, 2.75) is 0 Å². The van der Waals surface area contributed by atoms with E-state index in [0.717, 1.165) is 5.56 Å². The summed E-state index contributed by atoms with van der Waals surface area (Å²) in [5.41, 5.74) is 1.17. The molecule has 3 nitrogen and oxygen atoms in total. The number of aliphatic hydroxyl groups is 1. The van der Waals surface area contributed by atoms with E-state index in [0.29, 0.717) is 0 Å². The average molecular weight is 204 g/mol. The van der Waals surface area contributed by atoms with Crippen molar-refractivity contribution in [3.05, 3.63) is 54.1 Å². The maximum atomic E-state index is 11.0. The van der Waals surface area contributed by atoms with E-state index in [9.17, 15) is 4.79 Å². The molecule has 3 heteroatoms. The maximum absolute atomic E-state index is 11.0. The third-order valence-electron chi connectivity index (χ3n) is 1.73. The number of aliphatic hydroxyl groups excluding tert-OH is 1. The second kappa shape index (κ2) is 5.78. The molecule has 1 N–H and O–H groups in total. The Morgan fingerprint density at radius 1 is 1.40 bits per heavy atom. The van der Waals surface area contributed by atoms with Gasteiger partial charge in [-0.3, -0.25) is 0 Å². The summed E-state index contributed by atoms with van der Waals surface area (Å²) in [5, 5.41) is 8.36. The Morgan fingerprint density at radius 2 is 2.07 bits per heavy atom. The molecule has 0 aromatic heterocycles. The Morgan fingerprint density at radius 3 is 2.67 bits per heavy atom. The number of carbonyl (C=O) groups is 1. The number of hydrogen-bond acceptors (Lipinski definition) is 3. The number of ether oxygens (including phenoxy) is 1. The summed E-state index contributed by atoms with van der Waals surface area (Å²) in [5.74, 6) is -0.621. The summed E-state index contributed by atoms with van der Waals surface area (Å²) in [4.78, 5) is 11.0. The van der Waals surface area contributed by atoms with Crippen molar-refractivity contribution >= 4 is 12.0 Å². The number of hydrogen-bond donors (Lipinski definition) is 1. The average Bonchev–Trinajstić information content (AvgIpc) is 2.27. The lowest BCUT2D eigenvalue weighted by molar-refractivity contribution is -0.146. The van der Waals surface area contributed by atoms with Gasteiger partial charge in [-0.05, 0) is 11.6 Å². The number of benzene rings is 1. The molecule has 0 spiro atoms. The minimum Gasteiger partial charge on any atom is -0.435 e. The molecule has 0 aliphatic rings. The first-order valence-electron chi connectivity index (χ1n) is 4.44. The van der Waals surface area contributed by atoms with Crippen LogP contribution in [0.25, 0.3) is 6.08 Å². The van der Waals surface area contributed by atoms with Gasteiger partial charge in [0.05, 0.1) is 5.57 Å². The molecule has 0 fully saturated rings. The van der Waals surface area contributed by atoms with Crippen molar-refractivity contribution in [1.82, 2.24) is 0 Å². The van der Waals surface area contributed by atoms with Gasteiger partial charge in [-0.25, -0.2) is 4.79 Å². The topological polar surface area (TPSA) is 46.5 Å². The van der Waals surface area contributed by atoms with Crippen LogP contribution in [-0.2, 0) is 9.53 Å². The summed E-state index contributed by atoms with van der Waals surface area (Å²) >= 11 is 0. The fraction of sp³-hybridized carbons (Fsp3) is 0.0833. The highest BCUT2D eigenvalue weighted by atomic mass is 16.6. The molecule has 1 aromatic carbocycles. The van der Waals surface area contributed by atoms with Gasteiger partial charge in [0.1, 0.15) is 0 Å². The highest BCUT2D eigenvalue weighted by molar-refractivity contribution is 5.92. The first-order valence-corrected chi connectivity index (χ1v) is 4.44. The summed E-state index contributed by atoms with van der Waals surface area (Å²) in [7, 11) is 0. The maximum Gasteiger partial charge on any atom is 0.339 e. The molecule has 1 aromatic rings. The molecule has 0 unspecified atom stereocenters. The Kier molecular flexibility index (Phi) is 4.31. The normalized spacial score (nSPS) is 10.2. The van der Waals surface area contributed by atoms with E-state index in [1.54, 1.807) is 12.2 Å². The van der Waals surface area contributed by atoms with Crippen molar-refractivity contribution in [1.29, 1.82) is 0 Å². The van der Waals surface area contributed by atoms with Crippen molar-refractivity contribution in [2.75, 3.05) is 6.79 Å². The van der Waals surface area contributed by atoms with Crippen molar-refractivity contribution in [3.63, 3.8) is 0 Å². The quantitative estimate of drug-likeness (QED) is 0.352. The number of esters is 1. The molecule has 0 amide bonds. The molecular formula is C12H12O3. The van der Waals surface area contributed by atoms with Crippen LogP contribution >= 0.6 is 0 Å². The first kappa shape index (κ1) is 11.2. The molecule has 0 aliphatic carbocycles. The van der Waals surface area contributed by atoms with Gasteiger partial charge in [-0.1, -0.05) is 43.0 Å². The zero-order chi connectivity index (χ0) is 11.1. The molecule has 0 heterocycles. The molecule has 15 heavy (non-hydrogen) atoms. The van der Waals surface area contributed by atoms with Gasteiger partial charge in [0.2, 0.25) is 0 Å². The first-order chi connectivity index (χ1) is 7.24. The van der Waals surface area contributed by atoms with Crippen LogP contribution in [0.4, 0.5) is 0 Å². The fourth-order valence-electron chi connectivity index (χ4n) is 0.980. The van der Waals surface area contributed by atoms with E-state index >= 15 is 0 Å². The lowest BCUT2D eigenvalue weighted by Gasteiger charge is -1.99. The van der Waals surface area contributed by atoms with E-state index < -0.39 is 12.8 Å². The van der Waals surface area contributed by atoms with E-state index in [1.165, 1.54) is 0 Å². The van der Waals surface area contributed by atoms with Crippen LogP contribution in [0.3, 0.4) is 0 Å². The zero-order valence-corrected chi connectivity index (χ0v) is 8.22. The van der Waals surface area contributed by atoms with Gasteiger partial charge >= 0.3 is 5.97 Å². The number of rotatable bonds is 4. The third kappa shape index (κ3) is 3.79. The van der Waals surface area contributed by atoms with Crippen molar-refractivity contribution < 1.29 is 14.6 Å². The third-order valence-corrected chi connectivity index (χ3v) is 1.73. The van der Waals surface area contributed by atoms with Crippen LogP contribution in [0, 0.1) is 0 Å². The van der Waals surface area contributed by atoms with Crippen molar-refractivity contribution in [3.8, 4) is 0 Å². The highest BCUT2D eigenvalue weighted by Gasteiger charge is 2.02. The fourth-order valence-corrected chi connectivity index (χ4v) is 0.980. The summed E-state index contributed by atoms with van der Waals surface area (Å²) in [6, 6.07) is 9.51. The SMILES string of the molecule is C=C(C=Cc1ccccc1)C(=O)OCO. The predicted molar refractivity (Wildman–Crippen MR) is 57.8 cm³/mol. The minimum absolute atomic E-state index is 0.202. The molecule has 0 saturated carbocycles. The van der Waals surface area contributed by atoms with Crippen LogP contribution in [0.15, 0.2) is 48.6 Å². The molecular weight excluding hydrogens is 192 g/mol. The molecule has 0 saturated heterocycles. The molecule has 78 valence electrons. The van der Waals surface area contributed by atoms with Gasteiger partial charge in [0.25, 0.3) is 0 Å². The Labute approximate surface area is 88.3 Å². The van der Waals surface area contributed by atoms with E-state index in [-0.39, 0.29) is 5.57 Å². The van der Waals surface area contributed by atoms with Crippen LogP contribution < -0.4 is 0 Å². The summed E-state index contributed by atoms with van der Waals surface area (Å²) in [6.07, 6.45) is 3.30. The van der Waals surface area contributed by atoms with Gasteiger partial charge in [0.15, 0.2) is 6.79 Å². The molecule has 0 atom stereocenters. The summed E-state index contributed by atoms with van der Waals surface area (Å²) in [6.45, 7) is 2.89. The minimum atomic E-state index is -0.628. The van der Waals surface area contributed by atoms with Gasteiger partial charge in [0, 0.05) is 0 Å². The monoisotopic (exact) mass is 204 g/mol. The smallest absolute Gasteiger partial charge is 0.339 e. The standard InChI is InChI=1S/C12H12O3/c1-10(12(14)15-9-13)7-8-11-5-3-2-4-6-11/h2-8,13H,1,9H2. The van der Waals surface area contributed by atoms with E-state index in [1.807, 2.05) is 30.3 Å². The molecule has 0 aliphatic heterocycles. The van der Waals surface area contributed by atoms with E-state index in [4.69, 9.17) is 5.11 Å². The Bertz CT molecular complexity index is 366. The lowest BCUT2D eigenvalue weighted by Crippen LogP contribution is -2.05. The highest BCUT2D eigenvalue weighted by Crippen LogP contribution is 2.04.